The average molecular weight is 445 g/mol. The van der Waals surface area contributed by atoms with E-state index in [0.29, 0.717) is 34.7 Å². The van der Waals surface area contributed by atoms with Crippen LogP contribution in [0.15, 0.2) is 54.6 Å². The number of barbiturate groups is 1. The topological polar surface area (TPSA) is 109 Å². The third-order valence-corrected chi connectivity index (χ3v) is 5.03. The molecule has 0 radical (unpaired) electrons. The molecule has 0 bridgehead atoms. The van der Waals surface area contributed by atoms with Gasteiger partial charge in [0.1, 0.15) is 11.6 Å². The number of allylic oxidation sites excluding steroid dienone is 1. The van der Waals surface area contributed by atoms with Crippen molar-refractivity contribution in [2.24, 2.45) is 0 Å². The van der Waals surface area contributed by atoms with Crippen molar-refractivity contribution in [1.29, 1.82) is 5.26 Å². The van der Waals surface area contributed by atoms with Crippen molar-refractivity contribution in [2.75, 3.05) is 18.6 Å². The Labute approximate surface area is 191 Å². The summed E-state index contributed by atoms with van der Waals surface area (Å²) in [4.78, 5) is 39.0. The first kappa shape index (κ1) is 23.3. The number of amides is 4. The smallest absolute Gasteiger partial charge is 0.335 e. The Bertz CT molecular complexity index is 1180. The van der Waals surface area contributed by atoms with Crippen molar-refractivity contribution in [3.8, 4) is 17.6 Å². The van der Waals surface area contributed by atoms with E-state index in [1.54, 1.807) is 30.3 Å². The number of hydrogen-bond donors (Lipinski definition) is 1. The number of anilines is 1. The molecule has 2 aromatic carbocycles. The van der Waals surface area contributed by atoms with Crippen LogP contribution in [0.3, 0.4) is 0 Å². The zero-order chi connectivity index (χ0) is 24.0. The maximum absolute atomic E-state index is 13.1. The number of imide groups is 2. The van der Waals surface area contributed by atoms with Gasteiger partial charge in [-0.25, -0.2) is 9.69 Å². The number of urea groups is 1. The quantitative estimate of drug-likeness (QED) is 0.378. The minimum Gasteiger partial charge on any atom is -0.493 e. The first-order chi connectivity index (χ1) is 15.9. The van der Waals surface area contributed by atoms with E-state index in [4.69, 9.17) is 14.7 Å². The lowest BCUT2D eigenvalue weighted by molar-refractivity contribution is -0.122. The number of nitrogens with zero attached hydrogens (tertiary/aromatic N) is 2. The molecule has 1 aliphatic rings. The van der Waals surface area contributed by atoms with Crippen LogP contribution in [0.4, 0.5) is 10.5 Å². The molecule has 1 heterocycles. The SMILES string of the molecule is C=CCc1cc(/C=C2/C(=O)NC(=O)N(c3ccc(CC)cc3)C2=O)cc(OC)c1OCC#N. The van der Waals surface area contributed by atoms with Crippen LogP contribution in [0.25, 0.3) is 6.08 Å². The van der Waals surface area contributed by atoms with Gasteiger partial charge in [-0.2, -0.15) is 5.26 Å². The summed E-state index contributed by atoms with van der Waals surface area (Å²) in [6.45, 7) is 5.56. The molecule has 1 N–H and O–H groups in total. The summed E-state index contributed by atoms with van der Waals surface area (Å²) >= 11 is 0. The highest BCUT2D eigenvalue weighted by molar-refractivity contribution is 6.39. The Morgan fingerprint density at radius 1 is 1.18 bits per heavy atom. The fourth-order valence-corrected chi connectivity index (χ4v) is 3.43. The van der Waals surface area contributed by atoms with Crippen LogP contribution in [-0.2, 0) is 22.4 Å². The zero-order valence-corrected chi connectivity index (χ0v) is 18.4. The summed E-state index contributed by atoms with van der Waals surface area (Å²) in [6.07, 6.45) is 4.26. The Hall–Kier alpha value is -4.38. The number of methoxy groups -OCH3 is 1. The molecule has 3 rings (SSSR count). The normalized spacial score (nSPS) is 14.6. The van der Waals surface area contributed by atoms with Crippen LogP contribution in [0.5, 0.6) is 11.5 Å². The van der Waals surface area contributed by atoms with E-state index in [1.807, 2.05) is 25.1 Å². The molecule has 0 atom stereocenters. The van der Waals surface area contributed by atoms with Crippen LogP contribution in [-0.4, -0.2) is 31.6 Å². The van der Waals surface area contributed by atoms with Crippen LogP contribution in [0, 0.1) is 11.3 Å². The lowest BCUT2D eigenvalue weighted by Gasteiger charge is -2.26. The summed E-state index contributed by atoms with van der Waals surface area (Å²) in [5.41, 5.74) is 2.36. The molecule has 8 heteroatoms. The number of nitrogens with one attached hydrogen (secondary N) is 1. The van der Waals surface area contributed by atoms with Crippen molar-refractivity contribution >= 4 is 29.6 Å². The van der Waals surface area contributed by atoms with Gasteiger partial charge in [-0.05, 0) is 54.3 Å². The second-order valence-corrected chi connectivity index (χ2v) is 7.13. The Balaban J connectivity index is 2.04. The van der Waals surface area contributed by atoms with Gasteiger partial charge in [0.15, 0.2) is 18.1 Å². The molecular weight excluding hydrogens is 422 g/mol. The van der Waals surface area contributed by atoms with Crippen LogP contribution in [0.2, 0.25) is 0 Å². The number of benzene rings is 2. The minimum atomic E-state index is -0.809. The summed E-state index contributed by atoms with van der Waals surface area (Å²) in [6, 6.07) is 11.4. The molecule has 4 amide bonds. The van der Waals surface area contributed by atoms with Gasteiger partial charge in [0.25, 0.3) is 11.8 Å². The van der Waals surface area contributed by atoms with E-state index in [0.717, 1.165) is 16.9 Å². The molecule has 1 fully saturated rings. The number of nitriles is 1. The second kappa shape index (κ2) is 10.3. The second-order valence-electron chi connectivity index (χ2n) is 7.13. The maximum Gasteiger partial charge on any atom is 0.335 e. The van der Waals surface area contributed by atoms with E-state index in [-0.39, 0.29) is 12.2 Å². The molecule has 2 aromatic rings. The molecule has 0 spiro atoms. The van der Waals surface area contributed by atoms with Gasteiger partial charge in [-0.1, -0.05) is 25.1 Å². The van der Waals surface area contributed by atoms with Crippen molar-refractivity contribution in [2.45, 2.75) is 19.8 Å². The fourth-order valence-electron chi connectivity index (χ4n) is 3.43. The summed E-state index contributed by atoms with van der Waals surface area (Å²) in [5.74, 6) is -0.806. The van der Waals surface area contributed by atoms with Crippen LogP contribution >= 0.6 is 0 Å². The van der Waals surface area contributed by atoms with Gasteiger partial charge >= 0.3 is 6.03 Å². The summed E-state index contributed by atoms with van der Waals surface area (Å²) < 4.78 is 10.9. The number of carbonyl (C=O) groups excluding carboxylic acids is 3. The first-order valence-electron chi connectivity index (χ1n) is 10.2. The zero-order valence-electron chi connectivity index (χ0n) is 18.4. The number of rotatable bonds is 8. The Kier molecular flexibility index (Phi) is 7.26. The van der Waals surface area contributed by atoms with Crippen molar-refractivity contribution in [3.05, 3.63) is 71.3 Å². The molecule has 0 aliphatic carbocycles. The predicted molar refractivity (Wildman–Crippen MR) is 123 cm³/mol. The van der Waals surface area contributed by atoms with Gasteiger partial charge in [0.2, 0.25) is 0 Å². The van der Waals surface area contributed by atoms with Gasteiger partial charge in [0, 0.05) is 5.56 Å². The largest absolute Gasteiger partial charge is 0.493 e. The van der Waals surface area contributed by atoms with Gasteiger partial charge < -0.3 is 9.47 Å². The van der Waals surface area contributed by atoms with Crippen LogP contribution < -0.4 is 19.7 Å². The van der Waals surface area contributed by atoms with E-state index in [1.165, 1.54) is 13.2 Å². The van der Waals surface area contributed by atoms with Gasteiger partial charge in [0.05, 0.1) is 12.8 Å². The number of aryl methyl sites for hydroxylation is 1. The van der Waals surface area contributed by atoms with E-state index in [9.17, 15) is 14.4 Å². The van der Waals surface area contributed by atoms with Gasteiger partial charge in [-0.3, -0.25) is 14.9 Å². The lowest BCUT2D eigenvalue weighted by Crippen LogP contribution is -2.54. The Morgan fingerprint density at radius 2 is 1.91 bits per heavy atom. The fraction of sp³-hybridized carbons (Fsp3) is 0.200. The number of ether oxygens (including phenoxy) is 2. The molecule has 1 aliphatic heterocycles. The third kappa shape index (κ3) is 4.93. The molecule has 0 saturated carbocycles. The van der Waals surface area contributed by atoms with Crippen molar-refractivity contribution in [3.63, 3.8) is 0 Å². The molecule has 1 saturated heterocycles. The minimum absolute atomic E-state index is 0.171. The molecule has 168 valence electrons. The van der Waals surface area contributed by atoms with Crippen molar-refractivity contribution in [1.82, 2.24) is 5.32 Å². The molecule has 33 heavy (non-hydrogen) atoms. The lowest BCUT2D eigenvalue weighted by atomic mass is 10.0. The predicted octanol–water partition coefficient (Wildman–Crippen LogP) is 3.55. The van der Waals surface area contributed by atoms with Crippen LogP contribution in [0.1, 0.15) is 23.6 Å². The summed E-state index contributed by atoms with van der Waals surface area (Å²) in [5, 5.41) is 11.1. The molecular formula is C25H23N3O5. The van der Waals surface area contributed by atoms with Gasteiger partial charge in [-0.15, -0.1) is 6.58 Å². The van der Waals surface area contributed by atoms with Crippen molar-refractivity contribution < 1.29 is 23.9 Å². The van der Waals surface area contributed by atoms with E-state index < -0.39 is 17.8 Å². The third-order valence-electron chi connectivity index (χ3n) is 5.03. The Morgan fingerprint density at radius 3 is 2.52 bits per heavy atom. The molecule has 0 unspecified atom stereocenters. The number of carbonyl (C=O) groups is 3. The first-order valence-corrected chi connectivity index (χ1v) is 10.2. The molecule has 8 nitrogen and oxygen atoms in total. The highest BCUT2D eigenvalue weighted by atomic mass is 16.5. The summed E-state index contributed by atoms with van der Waals surface area (Å²) in [7, 11) is 1.45. The molecule has 0 aromatic heterocycles. The highest BCUT2D eigenvalue weighted by Crippen LogP contribution is 2.34. The standard InChI is InChI=1S/C25H23N3O5/c1-4-6-18-13-17(15-21(32-3)22(18)33-12-11-26)14-20-23(29)27-25(31)28(24(20)30)19-9-7-16(5-2)8-10-19/h4,7-10,13-15H,1,5-6,12H2,2-3H3,(H,27,29,31)/b20-14-. The average Bonchev–Trinajstić information content (AvgIpc) is 2.81. The number of hydrogen-bond acceptors (Lipinski definition) is 6. The monoisotopic (exact) mass is 445 g/mol. The highest BCUT2D eigenvalue weighted by Gasteiger charge is 2.36. The maximum atomic E-state index is 13.1. The van der Waals surface area contributed by atoms with E-state index in [2.05, 4.69) is 11.9 Å². The van der Waals surface area contributed by atoms with E-state index >= 15 is 0 Å².